The molecule has 100 valence electrons. The third-order valence-electron chi connectivity index (χ3n) is 4.08. The Hall–Kier alpha value is -1.96. The van der Waals surface area contributed by atoms with Gasteiger partial charge in [-0.25, -0.2) is 0 Å². The molecule has 2 heteroatoms. The fourth-order valence-electron chi connectivity index (χ4n) is 2.59. The van der Waals surface area contributed by atoms with Crippen molar-refractivity contribution in [2.45, 2.75) is 26.2 Å². The third-order valence-corrected chi connectivity index (χ3v) is 4.08. The van der Waals surface area contributed by atoms with Crippen molar-refractivity contribution in [3.05, 3.63) is 59.7 Å². The van der Waals surface area contributed by atoms with E-state index in [2.05, 4.69) is 20.8 Å². The van der Waals surface area contributed by atoms with Crippen molar-refractivity contribution in [1.29, 1.82) is 0 Å². The highest BCUT2D eigenvalue weighted by atomic mass is 16.3. The predicted octanol–water partition coefficient (Wildman–Crippen LogP) is 4.06. The van der Waals surface area contributed by atoms with Crippen LogP contribution in [0.2, 0.25) is 0 Å². The highest BCUT2D eigenvalue weighted by Crippen LogP contribution is 2.45. The monoisotopic (exact) mass is 256 g/mol. The van der Waals surface area contributed by atoms with Gasteiger partial charge in [0.25, 0.3) is 0 Å². The fraction of sp³-hybridized carbons (Fsp3) is 0.294. The second-order valence-electron chi connectivity index (χ2n) is 5.39. The number of aromatic hydroxyl groups is 2. The first-order valence-electron chi connectivity index (χ1n) is 6.55. The molecule has 2 aromatic rings. The average molecular weight is 256 g/mol. The van der Waals surface area contributed by atoms with Gasteiger partial charge in [0.05, 0.1) is 0 Å². The minimum atomic E-state index is -0.434. The molecule has 0 aromatic heterocycles. The number of rotatable bonds is 3. The number of hydrogen-bond acceptors (Lipinski definition) is 2. The van der Waals surface area contributed by atoms with Crippen LogP contribution in [0.1, 0.15) is 31.9 Å². The summed E-state index contributed by atoms with van der Waals surface area (Å²) >= 11 is 0. The highest BCUT2D eigenvalue weighted by Gasteiger charge is 2.36. The van der Waals surface area contributed by atoms with Crippen LogP contribution in [0.3, 0.4) is 0 Å². The lowest BCUT2D eigenvalue weighted by molar-refractivity contribution is 0.361. The van der Waals surface area contributed by atoms with Crippen LogP contribution in [0.4, 0.5) is 0 Å². The number of para-hydroxylation sites is 2. The first-order chi connectivity index (χ1) is 8.98. The molecule has 0 aliphatic rings. The van der Waals surface area contributed by atoms with E-state index in [4.69, 9.17) is 0 Å². The lowest BCUT2D eigenvalue weighted by atomic mass is 9.68. The molecule has 0 radical (unpaired) electrons. The van der Waals surface area contributed by atoms with Gasteiger partial charge in [-0.3, -0.25) is 0 Å². The summed E-state index contributed by atoms with van der Waals surface area (Å²) in [4.78, 5) is 0. The molecule has 2 rings (SSSR count). The van der Waals surface area contributed by atoms with E-state index >= 15 is 0 Å². The molecule has 0 aliphatic carbocycles. The predicted molar refractivity (Wildman–Crippen MR) is 77.5 cm³/mol. The Bertz CT molecular complexity index is 527. The van der Waals surface area contributed by atoms with Crippen LogP contribution in [0.15, 0.2) is 48.5 Å². The molecule has 0 saturated carbocycles. The number of benzene rings is 2. The molecule has 19 heavy (non-hydrogen) atoms. The summed E-state index contributed by atoms with van der Waals surface area (Å²) in [5.41, 5.74) is 1.24. The Kier molecular flexibility index (Phi) is 3.52. The average Bonchev–Trinajstić information content (AvgIpc) is 2.38. The largest absolute Gasteiger partial charge is 0.508 e. The lowest BCUT2D eigenvalue weighted by Crippen LogP contribution is -2.30. The van der Waals surface area contributed by atoms with Crippen molar-refractivity contribution < 1.29 is 10.2 Å². The fourth-order valence-corrected chi connectivity index (χ4v) is 2.59. The minimum Gasteiger partial charge on any atom is -0.508 e. The van der Waals surface area contributed by atoms with Crippen LogP contribution in [0.25, 0.3) is 0 Å². The Labute approximate surface area is 114 Å². The highest BCUT2D eigenvalue weighted by molar-refractivity contribution is 5.50. The second-order valence-corrected chi connectivity index (χ2v) is 5.39. The zero-order valence-corrected chi connectivity index (χ0v) is 11.6. The minimum absolute atomic E-state index is 0.231. The van der Waals surface area contributed by atoms with Gasteiger partial charge in [0.2, 0.25) is 0 Å². The topological polar surface area (TPSA) is 40.5 Å². The molecule has 0 spiro atoms. The summed E-state index contributed by atoms with van der Waals surface area (Å²) in [5, 5.41) is 20.3. The number of phenols is 2. The van der Waals surface area contributed by atoms with Gasteiger partial charge in [0, 0.05) is 16.5 Å². The first-order valence-corrected chi connectivity index (χ1v) is 6.55. The molecular formula is C17H20O2. The summed E-state index contributed by atoms with van der Waals surface area (Å²) in [6.07, 6.45) is 0. The molecule has 0 bridgehead atoms. The van der Waals surface area contributed by atoms with Crippen LogP contribution < -0.4 is 0 Å². The van der Waals surface area contributed by atoms with E-state index in [0.29, 0.717) is 0 Å². The maximum Gasteiger partial charge on any atom is 0.119 e. The molecule has 0 atom stereocenters. The van der Waals surface area contributed by atoms with Crippen LogP contribution in [0, 0.1) is 5.92 Å². The van der Waals surface area contributed by atoms with E-state index in [1.807, 2.05) is 36.4 Å². The van der Waals surface area contributed by atoms with Crippen molar-refractivity contribution in [2.24, 2.45) is 5.92 Å². The quantitative estimate of drug-likeness (QED) is 0.869. The standard InChI is InChI=1S/C17H20O2/c1-12(2)17(3,13-8-4-6-10-15(13)18)14-9-5-7-11-16(14)19/h4-12,18-19H,1-3H3. The van der Waals surface area contributed by atoms with Gasteiger partial charge >= 0.3 is 0 Å². The molecular weight excluding hydrogens is 236 g/mol. The van der Waals surface area contributed by atoms with Crippen LogP contribution in [-0.4, -0.2) is 10.2 Å². The van der Waals surface area contributed by atoms with Crippen LogP contribution >= 0.6 is 0 Å². The van der Waals surface area contributed by atoms with E-state index in [9.17, 15) is 10.2 Å². The SMILES string of the molecule is CC(C)C(C)(c1ccccc1O)c1ccccc1O. The van der Waals surface area contributed by atoms with Gasteiger partial charge < -0.3 is 10.2 Å². The summed E-state index contributed by atoms with van der Waals surface area (Å²) in [7, 11) is 0. The van der Waals surface area contributed by atoms with Crippen molar-refractivity contribution >= 4 is 0 Å². The maximum atomic E-state index is 10.2. The zero-order chi connectivity index (χ0) is 14.0. The van der Waals surface area contributed by atoms with Crippen molar-refractivity contribution in [3.63, 3.8) is 0 Å². The number of phenolic OH excluding ortho intramolecular Hbond substituents is 2. The zero-order valence-electron chi connectivity index (χ0n) is 11.6. The third kappa shape index (κ3) is 2.19. The molecule has 2 N–H and O–H groups in total. The van der Waals surface area contributed by atoms with Gasteiger partial charge in [-0.15, -0.1) is 0 Å². The van der Waals surface area contributed by atoms with Gasteiger partial charge in [0.15, 0.2) is 0 Å². The van der Waals surface area contributed by atoms with E-state index < -0.39 is 5.41 Å². The Morgan fingerprint density at radius 1 is 0.789 bits per heavy atom. The first kappa shape index (κ1) is 13.5. The van der Waals surface area contributed by atoms with Crippen molar-refractivity contribution in [1.82, 2.24) is 0 Å². The smallest absolute Gasteiger partial charge is 0.119 e. The lowest BCUT2D eigenvalue weighted by Gasteiger charge is -2.36. The Balaban J connectivity index is 2.70. The summed E-state index contributed by atoms with van der Waals surface area (Å²) < 4.78 is 0. The van der Waals surface area contributed by atoms with E-state index in [1.165, 1.54) is 0 Å². The van der Waals surface area contributed by atoms with E-state index in [-0.39, 0.29) is 17.4 Å². The number of hydrogen-bond donors (Lipinski definition) is 2. The molecule has 0 fully saturated rings. The molecule has 2 nitrogen and oxygen atoms in total. The molecule has 0 heterocycles. The summed E-state index contributed by atoms with van der Waals surface area (Å²) in [6, 6.07) is 14.7. The van der Waals surface area contributed by atoms with Gasteiger partial charge in [0.1, 0.15) is 11.5 Å². The normalized spacial score (nSPS) is 11.8. The summed E-state index contributed by atoms with van der Waals surface area (Å²) in [6.45, 7) is 6.25. The molecule has 0 unspecified atom stereocenters. The summed E-state index contributed by atoms with van der Waals surface area (Å²) in [5.74, 6) is 0.762. The Morgan fingerprint density at radius 2 is 1.16 bits per heavy atom. The van der Waals surface area contributed by atoms with E-state index in [0.717, 1.165) is 11.1 Å². The maximum absolute atomic E-state index is 10.2. The molecule has 0 amide bonds. The molecule has 2 aromatic carbocycles. The molecule has 0 saturated heterocycles. The van der Waals surface area contributed by atoms with Gasteiger partial charge in [-0.05, 0) is 18.1 Å². The van der Waals surface area contributed by atoms with Crippen LogP contribution in [0.5, 0.6) is 11.5 Å². The van der Waals surface area contributed by atoms with E-state index in [1.54, 1.807) is 12.1 Å². The van der Waals surface area contributed by atoms with Gasteiger partial charge in [-0.2, -0.15) is 0 Å². The van der Waals surface area contributed by atoms with Gasteiger partial charge in [-0.1, -0.05) is 57.2 Å². The second kappa shape index (κ2) is 4.96. The van der Waals surface area contributed by atoms with Crippen molar-refractivity contribution in [2.75, 3.05) is 0 Å². The Morgan fingerprint density at radius 3 is 1.47 bits per heavy atom. The van der Waals surface area contributed by atoms with Crippen LogP contribution in [-0.2, 0) is 5.41 Å². The molecule has 0 aliphatic heterocycles. The van der Waals surface area contributed by atoms with Crippen molar-refractivity contribution in [3.8, 4) is 11.5 Å².